The van der Waals surface area contributed by atoms with Gasteiger partial charge < -0.3 is 9.42 Å². The maximum Gasteiger partial charge on any atom is 0.247 e. The van der Waals surface area contributed by atoms with Gasteiger partial charge in [0.25, 0.3) is 0 Å². The first-order chi connectivity index (χ1) is 11.0. The number of rotatable bonds is 3. The van der Waals surface area contributed by atoms with Gasteiger partial charge in [-0.3, -0.25) is 4.79 Å². The number of aromatic nitrogens is 1. The molecule has 1 amide bonds. The first kappa shape index (κ1) is 15.5. The number of benzene rings is 1. The van der Waals surface area contributed by atoms with Gasteiger partial charge in [0.2, 0.25) is 5.91 Å². The van der Waals surface area contributed by atoms with Crippen LogP contribution in [-0.2, 0) is 4.79 Å². The molecule has 5 heteroatoms. The molecule has 0 bridgehead atoms. The quantitative estimate of drug-likeness (QED) is 0.808. The Hall–Kier alpha value is -2.43. The van der Waals surface area contributed by atoms with Gasteiger partial charge in [-0.25, -0.2) is 4.39 Å². The highest BCUT2D eigenvalue weighted by Gasteiger charge is 2.31. The number of carbonyl (C=O) groups is 1. The smallest absolute Gasteiger partial charge is 0.247 e. The van der Waals surface area contributed by atoms with Crippen LogP contribution >= 0.6 is 0 Å². The summed E-state index contributed by atoms with van der Waals surface area (Å²) < 4.78 is 18.1. The normalized spacial score (nSPS) is 18.5. The third-order valence-electron chi connectivity index (χ3n) is 4.16. The number of aryl methyl sites for hydroxylation is 1. The minimum absolute atomic E-state index is 0.0304. The summed E-state index contributed by atoms with van der Waals surface area (Å²) in [5.41, 5.74) is 2.46. The van der Waals surface area contributed by atoms with Gasteiger partial charge in [-0.2, -0.15) is 0 Å². The van der Waals surface area contributed by atoms with E-state index in [-0.39, 0.29) is 17.8 Å². The summed E-state index contributed by atoms with van der Waals surface area (Å²) in [6, 6.07) is 8.00. The largest absolute Gasteiger partial charge is 0.361 e. The molecule has 2 aromatic rings. The summed E-state index contributed by atoms with van der Waals surface area (Å²) in [4.78, 5) is 14.4. The minimum Gasteiger partial charge on any atom is -0.361 e. The summed E-state index contributed by atoms with van der Waals surface area (Å²) in [6.45, 7) is 4.41. The summed E-state index contributed by atoms with van der Waals surface area (Å²) in [6.07, 6.45) is 3.45. The summed E-state index contributed by atoms with van der Waals surface area (Å²) >= 11 is 0. The molecule has 0 aliphatic carbocycles. The number of nitrogens with zero attached hydrogens (tertiary/aromatic N) is 2. The molecule has 0 spiro atoms. The molecule has 4 nitrogen and oxygen atoms in total. The standard InChI is InChI=1S/C18H19FN2O2/c1-12(14-5-7-15(19)8-6-14)10-18(22)21-9-3-4-17(21)16-11-13(2)23-20-16/h5-8,10-11,17H,3-4,9H2,1-2H3/b12-10-/t17-/m1/s1. The van der Waals surface area contributed by atoms with E-state index in [9.17, 15) is 9.18 Å². The van der Waals surface area contributed by atoms with E-state index < -0.39 is 0 Å². The lowest BCUT2D eigenvalue weighted by atomic mass is 10.1. The minimum atomic E-state index is -0.283. The zero-order valence-corrected chi connectivity index (χ0v) is 13.3. The fourth-order valence-electron chi connectivity index (χ4n) is 2.94. The van der Waals surface area contributed by atoms with Crippen molar-refractivity contribution in [3.8, 4) is 0 Å². The molecule has 2 heterocycles. The molecule has 0 N–H and O–H groups in total. The van der Waals surface area contributed by atoms with Crippen LogP contribution in [0.15, 0.2) is 40.9 Å². The number of hydrogen-bond donors (Lipinski definition) is 0. The van der Waals surface area contributed by atoms with E-state index in [1.807, 2.05) is 24.8 Å². The number of halogens is 1. The van der Waals surface area contributed by atoms with Crippen molar-refractivity contribution in [3.63, 3.8) is 0 Å². The first-order valence-electron chi connectivity index (χ1n) is 7.72. The third kappa shape index (κ3) is 3.33. The van der Waals surface area contributed by atoms with E-state index >= 15 is 0 Å². The number of likely N-dealkylation sites (tertiary alicyclic amines) is 1. The van der Waals surface area contributed by atoms with Crippen molar-refractivity contribution in [2.24, 2.45) is 0 Å². The maximum atomic E-state index is 13.0. The monoisotopic (exact) mass is 314 g/mol. The van der Waals surface area contributed by atoms with Gasteiger partial charge in [0, 0.05) is 18.7 Å². The summed E-state index contributed by atoms with van der Waals surface area (Å²) in [5.74, 6) is 0.418. The molecule has 3 rings (SSSR count). The van der Waals surface area contributed by atoms with Crippen LogP contribution in [0.3, 0.4) is 0 Å². The molecule has 0 saturated carbocycles. The second kappa shape index (κ2) is 6.36. The van der Waals surface area contributed by atoms with E-state index in [2.05, 4.69) is 5.16 Å². The molecule has 0 unspecified atom stereocenters. The Morgan fingerprint density at radius 1 is 1.39 bits per heavy atom. The van der Waals surface area contributed by atoms with Gasteiger partial charge in [0.05, 0.1) is 6.04 Å². The zero-order valence-electron chi connectivity index (χ0n) is 13.3. The highest BCUT2D eigenvalue weighted by atomic mass is 19.1. The van der Waals surface area contributed by atoms with Crippen molar-refractivity contribution >= 4 is 11.5 Å². The van der Waals surface area contributed by atoms with Crippen molar-refractivity contribution < 1.29 is 13.7 Å². The summed E-state index contributed by atoms with van der Waals surface area (Å²) in [7, 11) is 0. The molecule has 1 saturated heterocycles. The molecule has 120 valence electrons. The predicted molar refractivity (Wildman–Crippen MR) is 85.0 cm³/mol. The molecule has 1 aromatic heterocycles. The SMILES string of the molecule is C/C(=C/C(=O)N1CCC[C@@H]1c1cc(C)on1)c1ccc(F)cc1. The van der Waals surface area contributed by atoms with Crippen LogP contribution in [0.4, 0.5) is 4.39 Å². The lowest BCUT2D eigenvalue weighted by molar-refractivity contribution is -0.126. The van der Waals surface area contributed by atoms with Crippen molar-refractivity contribution in [1.82, 2.24) is 10.1 Å². The molecule has 1 aliphatic rings. The van der Waals surface area contributed by atoms with Crippen LogP contribution < -0.4 is 0 Å². The average Bonchev–Trinajstić information content (AvgIpc) is 3.16. The van der Waals surface area contributed by atoms with Crippen molar-refractivity contribution in [3.05, 3.63) is 59.2 Å². The average molecular weight is 314 g/mol. The maximum absolute atomic E-state index is 13.0. The van der Waals surface area contributed by atoms with Gasteiger partial charge in [-0.05, 0) is 50.0 Å². The first-order valence-corrected chi connectivity index (χ1v) is 7.72. The fourth-order valence-corrected chi connectivity index (χ4v) is 2.94. The van der Waals surface area contributed by atoms with Gasteiger partial charge in [-0.15, -0.1) is 0 Å². The Balaban J connectivity index is 1.78. The van der Waals surface area contributed by atoms with Crippen LogP contribution in [0, 0.1) is 12.7 Å². The van der Waals surface area contributed by atoms with E-state index in [1.165, 1.54) is 12.1 Å². The van der Waals surface area contributed by atoms with Crippen molar-refractivity contribution in [1.29, 1.82) is 0 Å². The van der Waals surface area contributed by atoms with Gasteiger partial charge in [0.15, 0.2) is 0 Å². The van der Waals surface area contributed by atoms with Crippen molar-refractivity contribution in [2.45, 2.75) is 32.7 Å². The molecular formula is C18H19FN2O2. The Bertz CT molecular complexity index is 734. The van der Waals surface area contributed by atoms with E-state index in [4.69, 9.17) is 4.52 Å². The van der Waals surface area contributed by atoms with E-state index in [1.54, 1.807) is 18.2 Å². The highest BCUT2D eigenvalue weighted by molar-refractivity contribution is 5.95. The second-order valence-electron chi connectivity index (χ2n) is 5.89. The Labute approximate surface area is 134 Å². The second-order valence-corrected chi connectivity index (χ2v) is 5.89. The molecule has 1 atom stereocenters. The van der Waals surface area contributed by atoms with Gasteiger partial charge >= 0.3 is 0 Å². The molecule has 1 aliphatic heterocycles. The van der Waals surface area contributed by atoms with E-state index in [0.717, 1.165) is 35.4 Å². The lowest BCUT2D eigenvalue weighted by Crippen LogP contribution is -2.29. The zero-order chi connectivity index (χ0) is 16.4. The predicted octanol–water partition coefficient (Wildman–Crippen LogP) is 3.89. The van der Waals surface area contributed by atoms with Crippen LogP contribution in [0.5, 0.6) is 0 Å². The van der Waals surface area contributed by atoms with Crippen LogP contribution in [-0.4, -0.2) is 22.5 Å². The van der Waals surface area contributed by atoms with Gasteiger partial charge in [0.1, 0.15) is 17.3 Å². The van der Waals surface area contributed by atoms with Crippen LogP contribution in [0.25, 0.3) is 5.57 Å². The Morgan fingerprint density at radius 2 is 2.13 bits per heavy atom. The molecule has 1 fully saturated rings. The molecule has 23 heavy (non-hydrogen) atoms. The van der Waals surface area contributed by atoms with Crippen LogP contribution in [0.2, 0.25) is 0 Å². The number of carbonyl (C=O) groups excluding carboxylic acids is 1. The third-order valence-corrected chi connectivity index (χ3v) is 4.16. The number of hydrogen-bond acceptors (Lipinski definition) is 3. The highest BCUT2D eigenvalue weighted by Crippen LogP contribution is 2.32. The Kier molecular flexibility index (Phi) is 4.28. The van der Waals surface area contributed by atoms with Crippen LogP contribution in [0.1, 0.15) is 42.8 Å². The van der Waals surface area contributed by atoms with Gasteiger partial charge in [-0.1, -0.05) is 17.3 Å². The number of amides is 1. The van der Waals surface area contributed by atoms with Crippen molar-refractivity contribution in [2.75, 3.05) is 6.54 Å². The molecule has 0 radical (unpaired) electrons. The van der Waals surface area contributed by atoms with E-state index in [0.29, 0.717) is 6.54 Å². The lowest BCUT2D eigenvalue weighted by Gasteiger charge is -2.21. The molecular weight excluding hydrogens is 295 g/mol. The fraction of sp³-hybridized carbons (Fsp3) is 0.333. The Morgan fingerprint density at radius 3 is 2.78 bits per heavy atom. The summed E-state index contributed by atoms with van der Waals surface area (Å²) in [5, 5.41) is 4.05. The molecule has 1 aromatic carbocycles. The number of allylic oxidation sites excluding steroid dienone is 1. The topological polar surface area (TPSA) is 46.3 Å².